The lowest BCUT2D eigenvalue weighted by atomic mass is 10.1. The minimum Gasteiger partial charge on any atom is -0.497 e. The molecule has 0 aliphatic carbocycles. The Balaban J connectivity index is 1.61. The summed E-state index contributed by atoms with van der Waals surface area (Å²) in [6.45, 7) is 1.79. The molecule has 0 saturated heterocycles. The molecule has 1 amide bonds. The third-order valence-corrected chi connectivity index (χ3v) is 4.08. The van der Waals surface area contributed by atoms with Gasteiger partial charge in [0.1, 0.15) is 17.3 Å². The molecule has 3 aromatic rings. The number of benzene rings is 1. The highest BCUT2D eigenvalue weighted by Gasteiger charge is 2.08. The molecule has 8 heteroatoms. The molecule has 2 aromatic heterocycles. The van der Waals surface area contributed by atoms with Gasteiger partial charge in [0.25, 0.3) is 0 Å². The van der Waals surface area contributed by atoms with Gasteiger partial charge in [0.15, 0.2) is 11.5 Å². The molecule has 0 bridgehead atoms. The van der Waals surface area contributed by atoms with Crippen LogP contribution in [0.25, 0.3) is 6.08 Å². The van der Waals surface area contributed by atoms with Crippen LogP contribution in [0, 0.1) is 0 Å². The molecule has 29 heavy (non-hydrogen) atoms. The Hall–Kier alpha value is -3.81. The van der Waals surface area contributed by atoms with Crippen LogP contribution in [0.4, 0.5) is 5.69 Å². The number of ether oxygens (including phenoxy) is 2. The zero-order chi connectivity index (χ0) is 20.8. The Bertz CT molecular complexity index is 1050. The van der Waals surface area contributed by atoms with E-state index in [9.17, 15) is 9.59 Å². The van der Waals surface area contributed by atoms with Crippen LogP contribution in [0.2, 0.25) is 0 Å². The lowest BCUT2D eigenvalue weighted by Gasteiger charge is -2.07. The van der Waals surface area contributed by atoms with E-state index in [2.05, 4.69) is 10.4 Å². The van der Waals surface area contributed by atoms with Gasteiger partial charge in [-0.1, -0.05) is 0 Å². The summed E-state index contributed by atoms with van der Waals surface area (Å²) in [7, 11) is 3.13. The molecule has 8 nitrogen and oxygen atoms in total. The third-order valence-electron chi connectivity index (χ3n) is 4.08. The smallest absolute Gasteiger partial charge is 0.248 e. The highest BCUT2D eigenvalue weighted by atomic mass is 16.5. The number of furan rings is 1. The van der Waals surface area contributed by atoms with E-state index in [4.69, 9.17) is 13.9 Å². The van der Waals surface area contributed by atoms with Gasteiger partial charge in [0.05, 0.1) is 32.6 Å². The van der Waals surface area contributed by atoms with Gasteiger partial charge in [-0.2, -0.15) is 5.10 Å². The van der Waals surface area contributed by atoms with E-state index in [1.807, 2.05) is 0 Å². The van der Waals surface area contributed by atoms with Crippen molar-refractivity contribution in [3.05, 3.63) is 65.9 Å². The van der Waals surface area contributed by atoms with E-state index in [-0.39, 0.29) is 11.7 Å². The van der Waals surface area contributed by atoms with Gasteiger partial charge in [-0.15, -0.1) is 0 Å². The lowest BCUT2D eigenvalue weighted by molar-refractivity contribution is -0.111. The summed E-state index contributed by atoms with van der Waals surface area (Å²) in [5, 5.41) is 6.92. The number of carbonyl (C=O) groups is 2. The van der Waals surface area contributed by atoms with Crippen molar-refractivity contribution in [2.24, 2.45) is 0 Å². The molecular weight excluding hydrogens is 374 g/mol. The minimum absolute atomic E-state index is 0.134. The third kappa shape index (κ3) is 5.13. The molecule has 0 atom stereocenters. The average Bonchev–Trinajstić information content (AvgIpc) is 3.36. The number of nitrogens with one attached hydrogen (secondary N) is 1. The molecule has 0 aliphatic rings. The maximum absolute atomic E-state index is 12.2. The lowest BCUT2D eigenvalue weighted by Crippen LogP contribution is -2.07. The summed E-state index contributed by atoms with van der Waals surface area (Å²) < 4.78 is 17.5. The summed E-state index contributed by atoms with van der Waals surface area (Å²) in [6, 6.07) is 8.69. The number of anilines is 1. The molecule has 0 aliphatic heterocycles. The zero-order valence-electron chi connectivity index (χ0n) is 16.3. The molecule has 0 spiro atoms. The number of methoxy groups -OCH3 is 2. The summed E-state index contributed by atoms with van der Waals surface area (Å²) >= 11 is 0. The van der Waals surface area contributed by atoms with Gasteiger partial charge in [0.2, 0.25) is 5.91 Å². The predicted molar refractivity (Wildman–Crippen MR) is 107 cm³/mol. The Morgan fingerprint density at radius 3 is 2.72 bits per heavy atom. The van der Waals surface area contributed by atoms with Crippen molar-refractivity contribution in [3.63, 3.8) is 0 Å². The van der Waals surface area contributed by atoms with Gasteiger partial charge < -0.3 is 19.2 Å². The van der Waals surface area contributed by atoms with Crippen LogP contribution in [-0.4, -0.2) is 35.7 Å². The second-order valence-electron chi connectivity index (χ2n) is 6.18. The van der Waals surface area contributed by atoms with Crippen molar-refractivity contribution in [3.8, 4) is 11.5 Å². The Morgan fingerprint density at radius 1 is 1.21 bits per heavy atom. The second-order valence-corrected chi connectivity index (χ2v) is 6.18. The van der Waals surface area contributed by atoms with Crippen LogP contribution < -0.4 is 14.8 Å². The van der Waals surface area contributed by atoms with Crippen molar-refractivity contribution in [1.29, 1.82) is 0 Å². The molecule has 0 saturated carbocycles. The summed E-state index contributed by atoms with van der Waals surface area (Å²) in [5.74, 6) is 1.74. The minimum atomic E-state index is -0.306. The number of hydrogen-bond acceptors (Lipinski definition) is 6. The van der Waals surface area contributed by atoms with E-state index in [1.54, 1.807) is 61.5 Å². The van der Waals surface area contributed by atoms with E-state index in [0.29, 0.717) is 35.3 Å². The van der Waals surface area contributed by atoms with Crippen LogP contribution in [-0.2, 0) is 11.3 Å². The highest BCUT2D eigenvalue weighted by Crippen LogP contribution is 2.25. The molecule has 0 unspecified atom stereocenters. The fourth-order valence-corrected chi connectivity index (χ4v) is 2.63. The first kappa shape index (κ1) is 19.9. The Labute approximate surface area is 167 Å². The van der Waals surface area contributed by atoms with Crippen molar-refractivity contribution in [2.45, 2.75) is 13.5 Å². The number of hydrogen-bond donors (Lipinski definition) is 1. The summed E-state index contributed by atoms with van der Waals surface area (Å²) in [4.78, 5) is 23.5. The molecular formula is C21H21N3O5. The number of carbonyl (C=O) groups excluding carboxylic acids is 2. The predicted octanol–water partition coefficient (Wildman–Crippen LogP) is 3.40. The molecule has 3 rings (SSSR count). The standard InChI is InChI=1S/C21H21N3O5/c1-14(25)19-8-7-18(29-19)13-24-12-16(11-22-24)23-21(26)9-5-15-4-6-17(27-2)10-20(15)28-3/h4-12H,13H2,1-3H3,(H,23,26)/b9-5-. The molecule has 1 N–H and O–H groups in total. The normalized spacial score (nSPS) is 10.9. The molecule has 0 fully saturated rings. The fourth-order valence-electron chi connectivity index (χ4n) is 2.63. The monoisotopic (exact) mass is 395 g/mol. The first-order valence-electron chi connectivity index (χ1n) is 8.81. The maximum atomic E-state index is 12.2. The van der Waals surface area contributed by atoms with E-state index < -0.39 is 0 Å². The van der Waals surface area contributed by atoms with Crippen molar-refractivity contribution >= 4 is 23.5 Å². The molecule has 150 valence electrons. The van der Waals surface area contributed by atoms with E-state index in [1.165, 1.54) is 19.2 Å². The molecule has 1 aromatic carbocycles. The number of ketones is 1. The number of Topliss-reactive ketones (excluding diaryl/α,β-unsaturated/α-hetero) is 1. The topological polar surface area (TPSA) is 95.6 Å². The molecule has 0 radical (unpaired) electrons. The van der Waals surface area contributed by atoms with Crippen LogP contribution in [0.3, 0.4) is 0 Å². The largest absolute Gasteiger partial charge is 0.497 e. The SMILES string of the molecule is COc1ccc(/C=C\C(=O)Nc2cnn(Cc3ccc(C(C)=O)o3)c2)c(OC)c1. The van der Waals surface area contributed by atoms with E-state index in [0.717, 1.165) is 5.56 Å². The summed E-state index contributed by atoms with van der Waals surface area (Å²) in [5.41, 5.74) is 1.29. The van der Waals surface area contributed by atoms with Crippen molar-refractivity contribution in [2.75, 3.05) is 19.5 Å². The van der Waals surface area contributed by atoms with Crippen LogP contribution in [0.1, 0.15) is 28.8 Å². The van der Waals surface area contributed by atoms with Crippen molar-refractivity contribution in [1.82, 2.24) is 9.78 Å². The van der Waals surface area contributed by atoms with Gasteiger partial charge >= 0.3 is 0 Å². The number of amides is 1. The Morgan fingerprint density at radius 2 is 2.03 bits per heavy atom. The van der Waals surface area contributed by atoms with Crippen LogP contribution in [0.15, 0.2) is 53.2 Å². The fraction of sp³-hybridized carbons (Fsp3) is 0.190. The average molecular weight is 395 g/mol. The summed E-state index contributed by atoms with van der Waals surface area (Å²) in [6.07, 6.45) is 6.28. The molecule has 2 heterocycles. The Kier molecular flexibility index (Phi) is 6.13. The number of aromatic nitrogens is 2. The van der Waals surface area contributed by atoms with Gasteiger partial charge in [-0.25, -0.2) is 0 Å². The highest BCUT2D eigenvalue weighted by molar-refractivity contribution is 6.02. The second kappa shape index (κ2) is 8.92. The van der Waals surface area contributed by atoms with Crippen LogP contribution in [0.5, 0.6) is 11.5 Å². The number of nitrogens with zero attached hydrogens (tertiary/aromatic N) is 2. The quantitative estimate of drug-likeness (QED) is 0.464. The van der Waals surface area contributed by atoms with Gasteiger partial charge in [-0.3, -0.25) is 14.3 Å². The number of rotatable bonds is 8. The maximum Gasteiger partial charge on any atom is 0.248 e. The van der Waals surface area contributed by atoms with Gasteiger partial charge in [-0.05, 0) is 30.3 Å². The first-order valence-corrected chi connectivity index (χ1v) is 8.81. The first-order chi connectivity index (χ1) is 14.0. The van der Waals surface area contributed by atoms with Crippen molar-refractivity contribution < 1.29 is 23.5 Å². The van der Waals surface area contributed by atoms with Gasteiger partial charge in [0, 0.05) is 30.8 Å². The van der Waals surface area contributed by atoms with Crippen LogP contribution >= 0.6 is 0 Å². The van der Waals surface area contributed by atoms with E-state index >= 15 is 0 Å². The zero-order valence-corrected chi connectivity index (χ0v) is 16.3.